The molecule has 0 saturated heterocycles. The Morgan fingerprint density at radius 3 is 2.89 bits per heavy atom. The molecule has 1 N–H and O–H groups in total. The monoisotopic (exact) mass is 257 g/mol. The second kappa shape index (κ2) is 3.83. The fourth-order valence-electron chi connectivity index (χ4n) is 3.84. The first kappa shape index (κ1) is 11.0. The number of aromatic carboxylic acids is 1. The minimum Gasteiger partial charge on any atom is -0.478 e. The van der Waals surface area contributed by atoms with Gasteiger partial charge in [-0.25, -0.2) is 9.78 Å². The van der Waals surface area contributed by atoms with Crippen LogP contribution in [-0.2, 0) is 0 Å². The van der Waals surface area contributed by atoms with Gasteiger partial charge in [0, 0.05) is 5.92 Å². The molecule has 1 aromatic heterocycles. The van der Waals surface area contributed by atoms with Gasteiger partial charge in [0.15, 0.2) is 11.5 Å². The third kappa shape index (κ3) is 1.59. The standard InChI is InChI=1S/C15H15NO3/c17-15(18)10-2-1-3-12-13(10)16-14(19-12)11-7-8-4-5-9(11)6-8/h1-3,8-9,11H,4-7H2,(H,17,18). The number of carboxylic acids is 1. The smallest absolute Gasteiger partial charge is 0.338 e. The van der Waals surface area contributed by atoms with Gasteiger partial charge in [0.05, 0.1) is 5.56 Å². The number of hydrogen-bond donors (Lipinski definition) is 1. The molecule has 2 aliphatic carbocycles. The lowest BCUT2D eigenvalue weighted by Gasteiger charge is -2.17. The van der Waals surface area contributed by atoms with E-state index in [1.54, 1.807) is 18.2 Å². The predicted molar refractivity (Wildman–Crippen MR) is 69.2 cm³/mol. The van der Waals surface area contributed by atoms with E-state index in [1.807, 2.05) is 0 Å². The van der Waals surface area contributed by atoms with Crippen LogP contribution in [0.5, 0.6) is 0 Å². The molecule has 2 bridgehead atoms. The topological polar surface area (TPSA) is 63.3 Å². The summed E-state index contributed by atoms with van der Waals surface area (Å²) in [5.41, 5.74) is 1.32. The zero-order valence-corrected chi connectivity index (χ0v) is 10.5. The van der Waals surface area contributed by atoms with Gasteiger partial charge in [0.25, 0.3) is 0 Å². The second-order valence-corrected chi connectivity index (χ2v) is 5.79. The van der Waals surface area contributed by atoms with Gasteiger partial charge >= 0.3 is 5.97 Å². The Morgan fingerprint density at radius 1 is 1.32 bits per heavy atom. The van der Waals surface area contributed by atoms with Crippen LogP contribution < -0.4 is 0 Å². The van der Waals surface area contributed by atoms with E-state index in [0.29, 0.717) is 22.9 Å². The van der Waals surface area contributed by atoms with Crippen LogP contribution in [0.4, 0.5) is 0 Å². The fourth-order valence-corrected chi connectivity index (χ4v) is 3.84. The maximum atomic E-state index is 11.2. The summed E-state index contributed by atoms with van der Waals surface area (Å²) in [5.74, 6) is 1.71. The molecule has 4 heteroatoms. The highest BCUT2D eigenvalue weighted by Gasteiger charge is 2.42. The van der Waals surface area contributed by atoms with E-state index < -0.39 is 5.97 Å². The number of nitrogens with zero attached hydrogens (tertiary/aromatic N) is 1. The van der Waals surface area contributed by atoms with E-state index in [1.165, 1.54) is 19.3 Å². The Bertz CT molecular complexity index is 660. The van der Waals surface area contributed by atoms with Crippen LogP contribution in [0.15, 0.2) is 22.6 Å². The summed E-state index contributed by atoms with van der Waals surface area (Å²) < 4.78 is 5.82. The van der Waals surface area contributed by atoms with Crippen molar-refractivity contribution in [3.05, 3.63) is 29.7 Å². The predicted octanol–water partition coefficient (Wildman–Crippen LogP) is 3.43. The van der Waals surface area contributed by atoms with Gasteiger partial charge in [-0.05, 0) is 43.2 Å². The summed E-state index contributed by atoms with van der Waals surface area (Å²) in [4.78, 5) is 15.7. The van der Waals surface area contributed by atoms with Crippen molar-refractivity contribution in [1.29, 1.82) is 0 Å². The van der Waals surface area contributed by atoms with Crippen molar-refractivity contribution in [1.82, 2.24) is 4.98 Å². The Balaban J connectivity index is 1.80. The quantitative estimate of drug-likeness (QED) is 0.895. The SMILES string of the molecule is O=C(O)c1cccc2oc(C3CC4CCC3C4)nc12. The van der Waals surface area contributed by atoms with Gasteiger partial charge in [-0.15, -0.1) is 0 Å². The van der Waals surface area contributed by atoms with Gasteiger partial charge in [-0.3, -0.25) is 0 Å². The third-order valence-electron chi connectivity index (χ3n) is 4.72. The summed E-state index contributed by atoms with van der Waals surface area (Å²) in [5, 5.41) is 9.18. The van der Waals surface area contributed by atoms with Gasteiger partial charge in [0.1, 0.15) is 5.52 Å². The number of carboxylic acid groups (broad SMARTS) is 1. The number of oxazole rings is 1. The summed E-state index contributed by atoms with van der Waals surface area (Å²) in [6.07, 6.45) is 5.04. The molecule has 2 fully saturated rings. The molecule has 2 aromatic rings. The van der Waals surface area contributed by atoms with E-state index in [0.717, 1.165) is 18.2 Å². The molecule has 98 valence electrons. The van der Waals surface area contributed by atoms with Crippen LogP contribution in [0.25, 0.3) is 11.1 Å². The highest BCUT2D eigenvalue weighted by Crippen LogP contribution is 2.52. The summed E-state index contributed by atoms with van der Waals surface area (Å²) in [6.45, 7) is 0. The maximum absolute atomic E-state index is 11.2. The normalized spacial score (nSPS) is 29.2. The summed E-state index contributed by atoms with van der Waals surface area (Å²) in [7, 11) is 0. The van der Waals surface area contributed by atoms with E-state index in [4.69, 9.17) is 4.42 Å². The molecule has 2 saturated carbocycles. The Hall–Kier alpha value is -1.84. The molecule has 4 nitrogen and oxygen atoms in total. The minimum absolute atomic E-state index is 0.232. The zero-order valence-electron chi connectivity index (χ0n) is 10.5. The number of para-hydroxylation sites is 1. The van der Waals surface area contributed by atoms with Crippen LogP contribution in [-0.4, -0.2) is 16.1 Å². The number of benzene rings is 1. The summed E-state index contributed by atoms with van der Waals surface area (Å²) in [6, 6.07) is 5.09. The molecular weight excluding hydrogens is 242 g/mol. The lowest BCUT2D eigenvalue weighted by Crippen LogP contribution is -2.08. The number of carbonyl (C=O) groups is 1. The first-order valence-electron chi connectivity index (χ1n) is 6.85. The average molecular weight is 257 g/mol. The Kier molecular flexibility index (Phi) is 2.22. The van der Waals surface area contributed by atoms with Crippen molar-refractivity contribution in [2.24, 2.45) is 11.8 Å². The molecule has 2 aliphatic rings. The molecule has 0 aliphatic heterocycles. The van der Waals surface area contributed by atoms with Gasteiger partial charge in [-0.1, -0.05) is 12.5 Å². The van der Waals surface area contributed by atoms with Crippen LogP contribution in [0.1, 0.15) is 47.8 Å². The van der Waals surface area contributed by atoms with Crippen molar-refractivity contribution < 1.29 is 14.3 Å². The molecule has 1 aromatic carbocycles. The number of fused-ring (bicyclic) bond motifs is 3. The van der Waals surface area contributed by atoms with Crippen LogP contribution in [0.3, 0.4) is 0 Å². The molecule has 19 heavy (non-hydrogen) atoms. The molecule has 0 spiro atoms. The van der Waals surface area contributed by atoms with E-state index >= 15 is 0 Å². The highest BCUT2D eigenvalue weighted by atomic mass is 16.4. The van der Waals surface area contributed by atoms with Crippen molar-refractivity contribution in [3.8, 4) is 0 Å². The Morgan fingerprint density at radius 2 is 2.21 bits per heavy atom. The first-order chi connectivity index (χ1) is 9.22. The number of hydrogen-bond acceptors (Lipinski definition) is 3. The molecular formula is C15H15NO3. The average Bonchev–Trinajstić information content (AvgIpc) is 3.11. The van der Waals surface area contributed by atoms with Crippen LogP contribution in [0, 0.1) is 11.8 Å². The van der Waals surface area contributed by atoms with Crippen molar-refractivity contribution in [2.45, 2.75) is 31.6 Å². The largest absolute Gasteiger partial charge is 0.478 e. The van der Waals surface area contributed by atoms with Gasteiger partial charge in [-0.2, -0.15) is 0 Å². The van der Waals surface area contributed by atoms with E-state index in [9.17, 15) is 9.90 Å². The Labute approximate surface area is 110 Å². The van der Waals surface area contributed by atoms with Crippen LogP contribution in [0.2, 0.25) is 0 Å². The van der Waals surface area contributed by atoms with Crippen LogP contribution >= 0.6 is 0 Å². The van der Waals surface area contributed by atoms with E-state index in [-0.39, 0.29) is 5.56 Å². The van der Waals surface area contributed by atoms with Gasteiger partial charge < -0.3 is 9.52 Å². The van der Waals surface area contributed by atoms with Crippen molar-refractivity contribution >= 4 is 17.1 Å². The fraction of sp³-hybridized carbons (Fsp3) is 0.467. The van der Waals surface area contributed by atoms with Crippen molar-refractivity contribution in [2.75, 3.05) is 0 Å². The molecule has 1 heterocycles. The molecule has 0 radical (unpaired) electrons. The number of aromatic nitrogens is 1. The molecule has 3 unspecified atom stereocenters. The minimum atomic E-state index is -0.946. The third-order valence-corrected chi connectivity index (χ3v) is 4.72. The first-order valence-corrected chi connectivity index (χ1v) is 6.85. The molecule has 4 rings (SSSR count). The van der Waals surface area contributed by atoms with Crippen molar-refractivity contribution in [3.63, 3.8) is 0 Å². The second-order valence-electron chi connectivity index (χ2n) is 5.79. The highest BCUT2D eigenvalue weighted by molar-refractivity contribution is 6.00. The van der Waals surface area contributed by atoms with E-state index in [2.05, 4.69) is 4.98 Å². The maximum Gasteiger partial charge on any atom is 0.338 e. The lowest BCUT2D eigenvalue weighted by atomic mass is 9.89. The number of rotatable bonds is 2. The zero-order chi connectivity index (χ0) is 13.0. The van der Waals surface area contributed by atoms with Gasteiger partial charge in [0.2, 0.25) is 0 Å². The molecule has 3 atom stereocenters. The lowest BCUT2D eigenvalue weighted by molar-refractivity contribution is 0.0699. The summed E-state index contributed by atoms with van der Waals surface area (Å²) >= 11 is 0. The molecule has 0 amide bonds.